The first-order chi connectivity index (χ1) is 16.3. The molecule has 0 bridgehead atoms. The molecule has 0 spiro atoms. The van der Waals surface area contributed by atoms with Crippen molar-refractivity contribution >= 4 is 52.5 Å². The number of anilines is 1. The predicted molar refractivity (Wildman–Crippen MR) is 135 cm³/mol. The maximum absolute atomic E-state index is 12.5. The SMILES string of the molecule is CCn1c(SCC(=O)Nc2cc(Cl)cc(Cl)c2)nnc1C(C)NC(=O)Cc1ccc(OC)cc1. The second-order valence-electron chi connectivity index (χ2n) is 7.39. The lowest BCUT2D eigenvalue weighted by atomic mass is 10.1. The maximum atomic E-state index is 12.5. The van der Waals surface area contributed by atoms with Crippen molar-refractivity contribution in [2.75, 3.05) is 18.2 Å². The lowest BCUT2D eigenvalue weighted by Crippen LogP contribution is -2.30. The van der Waals surface area contributed by atoms with E-state index in [0.717, 1.165) is 11.3 Å². The van der Waals surface area contributed by atoms with E-state index in [9.17, 15) is 9.59 Å². The highest BCUT2D eigenvalue weighted by Gasteiger charge is 2.20. The van der Waals surface area contributed by atoms with Gasteiger partial charge in [-0.25, -0.2) is 0 Å². The van der Waals surface area contributed by atoms with Crippen LogP contribution in [0.1, 0.15) is 31.3 Å². The first kappa shape index (κ1) is 25.9. The minimum absolute atomic E-state index is 0.125. The summed E-state index contributed by atoms with van der Waals surface area (Å²) in [7, 11) is 1.60. The number of hydrogen-bond acceptors (Lipinski definition) is 6. The number of rotatable bonds is 10. The normalized spacial score (nSPS) is 11.7. The van der Waals surface area contributed by atoms with Crippen LogP contribution in [0, 0.1) is 0 Å². The predicted octanol–water partition coefficient (Wildman–Crippen LogP) is 4.76. The highest BCUT2D eigenvalue weighted by Crippen LogP contribution is 2.24. The average Bonchev–Trinajstić information content (AvgIpc) is 3.20. The van der Waals surface area contributed by atoms with E-state index in [1.54, 1.807) is 25.3 Å². The van der Waals surface area contributed by atoms with Gasteiger partial charge in [-0.3, -0.25) is 9.59 Å². The molecule has 0 aliphatic rings. The van der Waals surface area contributed by atoms with Gasteiger partial charge < -0.3 is 19.9 Å². The molecule has 1 atom stereocenters. The number of ether oxygens (including phenoxy) is 1. The number of nitrogens with one attached hydrogen (secondary N) is 2. The summed E-state index contributed by atoms with van der Waals surface area (Å²) in [5.41, 5.74) is 1.40. The van der Waals surface area contributed by atoms with E-state index in [0.29, 0.717) is 33.3 Å². The first-order valence-electron chi connectivity index (χ1n) is 10.5. The van der Waals surface area contributed by atoms with E-state index in [2.05, 4.69) is 20.8 Å². The lowest BCUT2D eigenvalue weighted by Gasteiger charge is -2.15. The summed E-state index contributed by atoms with van der Waals surface area (Å²) < 4.78 is 7.02. The van der Waals surface area contributed by atoms with Crippen molar-refractivity contribution in [1.82, 2.24) is 20.1 Å². The molecule has 8 nitrogen and oxygen atoms in total. The van der Waals surface area contributed by atoms with Crippen molar-refractivity contribution < 1.29 is 14.3 Å². The number of carbonyl (C=O) groups excluding carboxylic acids is 2. The van der Waals surface area contributed by atoms with Crippen molar-refractivity contribution in [3.8, 4) is 5.75 Å². The molecule has 2 amide bonds. The van der Waals surface area contributed by atoms with E-state index >= 15 is 0 Å². The van der Waals surface area contributed by atoms with Crippen LogP contribution in [-0.2, 0) is 22.6 Å². The number of hydrogen-bond donors (Lipinski definition) is 2. The van der Waals surface area contributed by atoms with Gasteiger partial charge in [0.15, 0.2) is 11.0 Å². The fourth-order valence-corrected chi connectivity index (χ4v) is 4.60. The van der Waals surface area contributed by atoms with Crippen LogP contribution in [-0.4, -0.2) is 39.4 Å². The van der Waals surface area contributed by atoms with Crippen LogP contribution in [0.25, 0.3) is 0 Å². The summed E-state index contributed by atoms with van der Waals surface area (Å²) in [6.07, 6.45) is 0.240. The molecule has 3 aromatic rings. The monoisotopic (exact) mass is 521 g/mol. The van der Waals surface area contributed by atoms with Crippen molar-refractivity contribution in [3.63, 3.8) is 0 Å². The third kappa shape index (κ3) is 7.12. The number of halogens is 2. The van der Waals surface area contributed by atoms with Gasteiger partial charge in [-0.2, -0.15) is 0 Å². The molecule has 1 unspecified atom stereocenters. The molecule has 0 radical (unpaired) electrons. The molecule has 11 heteroatoms. The molecule has 1 heterocycles. The lowest BCUT2D eigenvalue weighted by molar-refractivity contribution is -0.121. The number of thioether (sulfide) groups is 1. The van der Waals surface area contributed by atoms with Gasteiger partial charge >= 0.3 is 0 Å². The maximum Gasteiger partial charge on any atom is 0.234 e. The highest BCUT2D eigenvalue weighted by atomic mass is 35.5. The minimum Gasteiger partial charge on any atom is -0.497 e. The molecule has 2 aromatic carbocycles. The van der Waals surface area contributed by atoms with Crippen LogP contribution >= 0.6 is 35.0 Å². The number of nitrogens with zero attached hydrogens (tertiary/aromatic N) is 3. The van der Waals surface area contributed by atoms with Crippen molar-refractivity contribution in [1.29, 1.82) is 0 Å². The molecule has 34 heavy (non-hydrogen) atoms. The van der Waals surface area contributed by atoms with Crippen molar-refractivity contribution in [2.45, 2.75) is 38.0 Å². The number of benzene rings is 2. The van der Waals surface area contributed by atoms with Gasteiger partial charge in [0, 0.05) is 22.3 Å². The van der Waals surface area contributed by atoms with Gasteiger partial charge in [-0.15, -0.1) is 10.2 Å². The van der Waals surface area contributed by atoms with E-state index in [4.69, 9.17) is 27.9 Å². The summed E-state index contributed by atoms with van der Waals surface area (Å²) >= 11 is 13.2. The van der Waals surface area contributed by atoms with Crippen LogP contribution in [0.2, 0.25) is 10.0 Å². The molecule has 0 aliphatic heterocycles. The third-order valence-electron chi connectivity index (χ3n) is 4.83. The Morgan fingerprint density at radius 2 is 1.76 bits per heavy atom. The standard InChI is InChI=1S/C23H25Cl2N5O3S/c1-4-30-22(14(2)26-20(31)9-15-5-7-19(33-3)8-6-15)28-29-23(30)34-13-21(32)27-18-11-16(24)10-17(25)12-18/h5-8,10-12,14H,4,9,13H2,1-3H3,(H,26,31)(H,27,32). The zero-order valence-corrected chi connectivity index (χ0v) is 21.3. The van der Waals surface area contributed by atoms with Gasteiger partial charge in [0.25, 0.3) is 0 Å². The Morgan fingerprint density at radius 3 is 2.38 bits per heavy atom. The Morgan fingerprint density at radius 1 is 1.09 bits per heavy atom. The Labute approximate surface area is 212 Å². The zero-order valence-electron chi connectivity index (χ0n) is 19.0. The zero-order chi connectivity index (χ0) is 24.7. The van der Waals surface area contributed by atoms with Crippen LogP contribution < -0.4 is 15.4 Å². The quantitative estimate of drug-likeness (QED) is 0.373. The van der Waals surface area contributed by atoms with Crippen molar-refractivity contribution in [3.05, 3.63) is 63.9 Å². The van der Waals surface area contributed by atoms with Crippen LogP contribution in [0.15, 0.2) is 47.6 Å². The molecule has 0 saturated heterocycles. The third-order valence-corrected chi connectivity index (χ3v) is 6.23. The minimum atomic E-state index is -0.352. The molecular formula is C23H25Cl2N5O3S. The van der Waals surface area contributed by atoms with Gasteiger partial charge in [0.2, 0.25) is 11.8 Å². The highest BCUT2D eigenvalue weighted by molar-refractivity contribution is 7.99. The summed E-state index contributed by atoms with van der Waals surface area (Å²) in [6.45, 7) is 4.40. The Kier molecular flexibility index (Phi) is 9.20. The van der Waals surface area contributed by atoms with Crippen molar-refractivity contribution in [2.24, 2.45) is 0 Å². The molecule has 3 rings (SSSR count). The number of carbonyl (C=O) groups is 2. The topological polar surface area (TPSA) is 98.1 Å². The van der Waals surface area contributed by atoms with Crippen LogP contribution in [0.4, 0.5) is 5.69 Å². The molecule has 180 valence electrons. The number of methoxy groups -OCH3 is 1. The number of amides is 2. The van der Waals surface area contributed by atoms with E-state index in [1.165, 1.54) is 11.8 Å². The average molecular weight is 522 g/mol. The fraction of sp³-hybridized carbons (Fsp3) is 0.304. The molecule has 0 fully saturated rings. The smallest absolute Gasteiger partial charge is 0.234 e. The van der Waals surface area contributed by atoms with Gasteiger partial charge in [0.1, 0.15) is 5.75 Å². The van der Waals surface area contributed by atoms with Gasteiger partial charge in [0.05, 0.1) is 25.3 Å². The first-order valence-corrected chi connectivity index (χ1v) is 12.3. The summed E-state index contributed by atoms with van der Waals surface area (Å²) in [6, 6.07) is 11.8. The summed E-state index contributed by atoms with van der Waals surface area (Å²) in [5.74, 6) is 1.13. The summed E-state index contributed by atoms with van der Waals surface area (Å²) in [4.78, 5) is 24.9. The number of aromatic nitrogens is 3. The van der Waals surface area contributed by atoms with Gasteiger partial charge in [-0.05, 0) is 49.7 Å². The van der Waals surface area contributed by atoms with E-state index < -0.39 is 0 Å². The van der Waals surface area contributed by atoms with Crippen LogP contribution in [0.3, 0.4) is 0 Å². The summed E-state index contributed by atoms with van der Waals surface area (Å²) in [5, 5.41) is 15.7. The van der Waals surface area contributed by atoms with Crippen LogP contribution in [0.5, 0.6) is 5.75 Å². The van der Waals surface area contributed by atoms with E-state index in [-0.39, 0.29) is 30.0 Å². The Hall–Kier alpha value is -2.75. The molecule has 2 N–H and O–H groups in total. The molecule has 1 aromatic heterocycles. The fourth-order valence-electron chi connectivity index (χ4n) is 3.26. The van der Waals surface area contributed by atoms with E-state index in [1.807, 2.05) is 42.7 Å². The molecule has 0 aliphatic carbocycles. The van der Waals surface area contributed by atoms with Gasteiger partial charge in [-0.1, -0.05) is 47.1 Å². The molecule has 0 saturated carbocycles. The molecular weight excluding hydrogens is 497 g/mol. The Bertz CT molecular complexity index is 1130. The second kappa shape index (κ2) is 12.1. The Balaban J connectivity index is 1.57. The second-order valence-corrected chi connectivity index (χ2v) is 9.21. The largest absolute Gasteiger partial charge is 0.497 e.